The van der Waals surface area contributed by atoms with Crippen LogP contribution < -0.4 is 15.5 Å². The second-order valence-corrected chi connectivity index (χ2v) is 12.3. The van der Waals surface area contributed by atoms with Gasteiger partial charge in [-0.25, -0.2) is 4.79 Å². The number of piperidine rings is 1. The molecule has 0 spiro atoms. The second-order valence-electron chi connectivity index (χ2n) is 11.5. The molecule has 1 aliphatic carbocycles. The standard InChI is InChI=1S/C36H30Cl2N4O4/c37-22-14-15-33(29(38)19-22)42-17-6-12-31(35(42)44)39-34(43)20-41-18-16-27-30(11-5-13-32(27)41)40-36(45)46-21-28-25-9-3-1-7-23(25)24-8-2-4-10-26(24)28/h1-5,7-11,13-16,18-19,28,31H,6,12,17,20-21H2,(H,39,43)(H,40,45). The first-order valence-corrected chi connectivity index (χ1v) is 15.9. The van der Waals surface area contributed by atoms with Gasteiger partial charge in [-0.2, -0.15) is 0 Å². The number of hydrogen-bond donors (Lipinski definition) is 2. The summed E-state index contributed by atoms with van der Waals surface area (Å²) in [6.45, 7) is 0.718. The Balaban J connectivity index is 0.997. The zero-order valence-electron chi connectivity index (χ0n) is 24.7. The van der Waals surface area contributed by atoms with Gasteiger partial charge in [0.2, 0.25) is 11.8 Å². The van der Waals surface area contributed by atoms with E-state index in [9.17, 15) is 14.4 Å². The molecular weight excluding hydrogens is 623 g/mol. The molecule has 232 valence electrons. The minimum Gasteiger partial charge on any atom is -0.448 e. The van der Waals surface area contributed by atoms with Crippen LogP contribution in [0.2, 0.25) is 10.0 Å². The van der Waals surface area contributed by atoms with E-state index in [4.69, 9.17) is 27.9 Å². The third-order valence-electron chi connectivity index (χ3n) is 8.68. The van der Waals surface area contributed by atoms with Crippen LogP contribution in [-0.4, -0.2) is 41.7 Å². The fourth-order valence-corrected chi connectivity index (χ4v) is 7.07. The number of hydrogen-bond acceptors (Lipinski definition) is 4. The lowest BCUT2D eigenvalue weighted by Gasteiger charge is -2.33. The van der Waals surface area contributed by atoms with Gasteiger partial charge in [0.15, 0.2) is 0 Å². The number of carbonyl (C=O) groups is 3. The van der Waals surface area contributed by atoms with E-state index < -0.39 is 12.1 Å². The van der Waals surface area contributed by atoms with Crippen molar-refractivity contribution in [1.29, 1.82) is 0 Å². The maximum Gasteiger partial charge on any atom is 0.411 e. The zero-order valence-corrected chi connectivity index (χ0v) is 26.2. The molecule has 0 radical (unpaired) electrons. The molecule has 46 heavy (non-hydrogen) atoms. The first-order chi connectivity index (χ1) is 22.4. The molecule has 4 aromatic carbocycles. The van der Waals surface area contributed by atoms with Crippen molar-refractivity contribution in [3.63, 3.8) is 0 Å². The average Bonchev–Trinajstić information content (AvgIpc) is 3.61. The minimum absolute atomic E-state index is 0.00335. The van der Waals surface area contributed by atoms with Crippen molar-refractivity contribution in [3.8, 4) is 11.1 Å². The van der Waals surface area contributed by atoms with Crippen LogP contribution in [0.15, 0.2) is 97.2 Å². The van der Waals surface area contributed by atoms with Crippen LogP contribution in [0.25, 0.3) is 22.0 Å². The van der Waals surface area contributed by atoms with Crippen LogP contribution in [0.1, 0.15) is 29.9 Å². The van der Waals surface area contributed by atoms with Crippen LogP contribution >= 0.6 is 23.2 Å². The van der Waals surface area contributed by atoms with Crippen LogP contribution in [0.4, 0.5) is 16.2 Å². The number of carbonyl (C=O) groups excluding carboxylic acids is 3. The Bertz CT molecular complexity index is 1940. The Morgan fingerprint density at radius 1 is 0.891 bits per heavy atom. The zero-order chi connectivity index (χ0) is 31.8. The van der Waals surface area contributed by atoms with Gasteiger partial charge >= 0.3 is 6.09 Å². The van der Waals surface area contributed by atoms with E-state index in [2.05, 4.69) is 34.9 Å². The van der Waals surface area contributed by atoms with Gasteiger partial charge in [0.05, 0.1) is 21.9 Å². The molecule has 1 fully saturated rings. The van der Waals surface area contributed by atoms with Gasteiger partial charge < -0.3 is 19.5 Å². The molecular formula is C36H30Cl2N4O4. The quantitative estimate of drug-likeness (QED) is 0.189. The van der Waals surface area contributed by atoms with Crippen molar-refractivity contribution >= 4 is 63.4 Å². The molecule has 0 bridgehead atoms. The van der Waals surface area contributed by atoms with E-state index >= 15 is 0 Å². The highest BCUT2D eigenvalue weighted by molar-refractivity contribution is 6.36. The lowest BCUT2D eigenvalue weighted by Crippen LogP contribution is -2.53. The first kappa shape index (κ1) is 29.9. The van der Waals surface area contributed by atoms with Crippen molar-refractivity contribution in [2.45, 2.75) is 31.3 Å². The molecule has 1 atom stereocenters. The van der Waals surface area contributed by atoms with Crippen molar-refractivity contribution in [3.05, 3.63) is 118 Å². The third kappa shape index (κ3) is 5.70. The molecule has 5 aromatic rings. The van der Waals surface area contributed by atoms with E-state index in [0.29, 0.717) is 40.8 Å². The summed E-state index contributed by atoms with van der Waals surface area (Å²) in [6, 6.07) is 28.1. The summed E-state index contributed by atoms with van der Waals surface area (Å²) in [5.74, 6) is -0.551. The van der Waals surface area contributed by atoms with Crippen molar-refractivity contribution < 1.29 is 19.1 Å². The van der Waals surface area contributed by atoms with Gasteiger partial charge in [0.25, 0.3) is 0 Å². The smallest absolute Gasteiger partial charge is 0.411 e. The lowest BCUT2D eigenvalue weighted by molar-refractivity contribution is -0.128. The van der Waals surface area contributed by atoms with E-state index in [0.717, 1.165) is 22.0 Å². The molecule has 1 aromatic heterocycles. The second kappa shape index (κ2) is 12.5. The molecule has 2 heterocycles. The van der Waals surface area contributed by atoms with Gasteiger partial charge in [-0.15, -0.1) is 0 Å². The van der Waals surface area contributed by atoms with E-state index in [1.54, 1.807) is 39.9 Å². The lowest BCUT2D eigenvalue weighted by atomic mass is 9.98. The number of benzene rings is 4. The molecule has 2 N–H and O–H groups in total. The monoisotopic (exact) mass is 652 g/mol. The Morgan fingerprint density at radius 2 is 1.63 bits per heavy atom. The molecule has 8 nitrogen and oxygen atoms in total. The SMILES string of the molecule is O=C(Cn1ccc2c(NC(=O)OCC3c4ccccc4-c4ccccc43)cccc21)NC1CCCN(c2ccc(Cl)cc2Cl)C1=O. The average molecular weight is 654 g/mol. The Kier molecular flexibility index (Phi) is 8.15. The predicted molar refractivity (Wildman–Crippen MR) is 181 cm³/mol. The number of halogens is 2. The van der Waals surface area contributed by atoms with Gasteiger partial charge in [0.1, 0.15) is 19.2 Å². The number of amides is 3. The number of aromatic nitrogens is 1. The predicted octanol–water partition coefficient (Wildman–Crippen LogP) is 7.62. The first-order valence-electron chi connectivity index (χ1n) is 15.1. The van der Waals surface area contributed by atoms with Gasteiger partial charge in [0, 0.05) is 29.1 Å². The van der Waals surface area contributed by atoms with Crippen molar-refractivity contribution in [1.82, 2.24) is 9.88 Å². The third-order valence-corrected chi connectivity index (χ3v) is 9.22. The highest BCUT2D eigenvalue weighted by atomic mass is 35.5. The number of anilines is 2. The topological polar surface area (TPSA) is 92.7 Å². The summed E-state index contributed by atoms with van der Waals surface area (Å²) >= 11 is 12.4. The van der Waals surface area contributed by atoms with Gasteiger partial charge in [-0.3, -0.25) is 14.9 Å². The van der Waals surface area contributed by atoms with Gasteiger partial charge in [-0.05, 0) is 71.5 Å². The number of nitrogens with one attached hydrogen (secondary N) is 2. The largest absolute Gasteiger partial charge is 0.448 e. The van der Waals surface area contributed by atoms with Crippen LogP contribution in [0.3, 0.4) is 0 Å². The summed E-state index contributed by atoms with van der Waals surface area (Å²) in [5.41, 5.74) is 6.53. The Labute approximate surface area is 275 Å². The van der Waals surface area contributed by atoms with E-state index in [1.807, 2.05) is 42.5 Å². The van der Waals surface area contributed by atoms with Crippen LogP contribution in [-0.2, 0) is 20.9 Å². The molecule has 0 saturated carbocycles. The van der Waals surface area contributed by atoms with E-state index in [-0.39, 0.29) is 30.9 Å². The number of nitrogens with zero attached hydrogens (tertiary/aromatic N) is 2. The molecule has 7 rings (SSSR count). The summed E-state index contributed by atoms with van der Waals surface area (Å²) in [5, 5.41) is 7.41. The van der Waals surface area contributed by atoms with Gasteiger partial charge in [-0.1, -0.05) is 77.8 Å². The van der Waals surface area contributed by atoms with Crippen molar-refractivity contribution in [2.24, 2.45) is 0 Å². The van der Waals surface area contributed by atoms with E-state index in [1.165, 1.54) is 11.1 Å². The number of ether oxygens (including phenoxy) is 1. The number of fused-ring (bicyclic) bond motifs is 4. The summed E-state index contributed by atoms with van der Waals surface area (Å²) in [7, 11) is 0. The Hall–Kier alpha value is -4.79. The molecule has 1 unspecified atom stereocenters. The molecule has 1 aliphatic heterocycles. The normalized spacial score (nSPS) is 15.8. The van der Waals surface area contributed by atoms with Crippen molar-refractivity contribution in [2.75, 3.05) is 23.4 Å². The summed E-state index contributed by atoms with van der Waals surface area (Å²) in [6.07, 6.45) is 2.48. The number of rotatable bonds is 7. The minimum atomic E-state index is -0.666. The van der Waals surface area contributed by atoms with Crippen LogP contribution in [0, 0.1) is 0 Å². The Morgan fingerprint density at radius 3 is 2.37 bits per heavy atom. The fraction of sp³-hybridized carbons (Fsp3) is 0.194. The molecule has 2 aliphatic rings. The maximum absolute atomic E-state index is 13.3. The highest BCUT2D eigenvalue weighted by Crippen LogP contribution is 2.44. The summed E-state index contributed by atoms with van der Waals surface area (Å²) < 4.78 is 7.53. The molecule has 10 heteroatoms. The molecule has 3 amide bonds. The fourth-order valence-electron chi connectivity index (χ4n) is 6.56. The highest BCUT2D eigenvalue weighted by Gasteiger charge is 2.32. The summed E-state index contributed by atoms with van der Waals surface area (Å²) in [4.78, 5) is 41.0. The maximum atomic E-state index is 13.3. The molecule has 1 saturated heterocycles. The van der Waals surface area contributed by atoms with Crippen LogP contribution in [0.5, 0.6) is 0 Å².